The first-order valence-corrected chi connectivity index (χ1v) is 9.80. The second kappa shape index (κ2) is 7.16. The van der Waals surface area contributed by atoms with E-state index in [2.05, 4.69) is 76.4 Å². The zero-order chi connectivity index (χ0) is 17.2. The molecule has 0 aliphatic carbocycles. The van der Waals surface area contributed by atoms with Crippen LogP contribution in [0.2, 0.25) is 0 Å². The number of aryl methyl sites for hydroxylation is 1. The molecule has 0 radical (unpaired) electrons. The summed E-state index contributed by atoms with van der Waals surface area (Å²) in [6, 6.07) is 15.7. The second-order valence-corrected chi connectivity index (χ2v) is 8.06. The molecule has 0 bridgehead atoms. The quantitative estimate of drug-likeness (QED) is 0.532. The Balaban J connectivity index is 1.97. The molecule has 0 unspecified atom stereocenters. The molecule has 0 aromatic heterocycles. The Kier molecular flexibility index (Phi) is 5.17. The van der Waals surface area contributed by atoms with Crippen LogP contribution in [0, 0.1) is 6.92 Å². The summed E-state index contributed by atoms with van der Waals surface area (Å²) in [5.41, 5.74) is 5.55. The van der Waals surface area contributed by atoms with Crippen molar-refractivity contribution in [1.82, 2.24) is 0 Å². The van der Waals surface area contributed by atoms with E-state index in [1.807, 2.05) is 11.8 Å². The van der Waals surface area contributed by atoms with Crippen LogP contribution in [0.15, 0.2) is 58.3 Å². The average Bonchev–Trinajstić information content (AvgIpc) is 2.61. The number of rotatable bonds is 5. The Morgan fingerprint density at radius 1 is 0.958 bits per heavy atom. The molecule has 24 heavy (non-hydrogen) atoms. The van der Waals surface area contributed by atoms with Crippen LogP contribution in [0.1, 0.15) is 37.0 Å². The van der Waals surface area contributed by atoms with Crippen LogP contribution in [0.4, 0.5) is 0 Å². The summed E-state index contributed by atoms with van der Waals surface area (Å²) >= 11 is 1.90. The van der Waals surface area contributed by atoms with Crippen molar-refractivity contribution in [3.8, 4) is 0 Å². The Morgan fingerprint density at radius 3 is 2.42 bits per heavy atom. The summed E-state index contributed by atoms with van der Waals surface area (Å²) in [5, 5.41) is 0. The summed E-state index contributed by atoms with van der Waals surface area (Å²) in [7, 11) is 2.36. The minimum absolute atomic E-state index is 1.12. The van der Waals surface area contributed by atoms with Crippen LogP contribution in [0.25, 0.3) is 5.57 Å². The van der Waals surface area contributed by atoms with Gasteiger partial charge in [-0.25, -0.2) is 0 Å². The van der Waals surface area contributed by atoms with E-state index in [4.69, 9.17) is 0 Å². The monoisotopic (exact) mass is 338 g/mol. The SMILES string of the molecule is CC[N+](C)(CC)CC/C=C1\c2ccccc2Sc2ccc(C)cc21. The first kappa shape index (κ1) is 17.3. The first-order chi connectivity index (χ1) is 11.6. The molecule has 1 heterocycles. The fourth-order valence-corrected chi connectivity index (χ4v) is 4.35. The van der Waals surface area contributed by atoms with Gasteiger partial charge in [0.25, 0.3) is 0 Å². The molecule has 0 N–H and O–H groups in total. The van der Waals surface area contributed by atoms with Crippen molar-refractivity contribution < 1.29 is 4.48 Å². The number of hydrogen-bond donors (Lipinski definition) is 0. The van der Waals surface area contributed by atoms with Gasteiger partial charge in [-0.3, -0.25) is 0 Å². The van der Waals surface area contributed by atoms with E-state index in [-0.39, 0.29) is 0 Å². The van der Waals surface area contributed by atoms with Crippen LogP contribution in [-0.4, -0.2) is 31.2 Å². The molecule has 0 amide bonds. The Morgan fingerprint density at radius 2 is 1.67 bits per heavy atom. The van der Waals surface area contributed by atoms with Gasteiger partial charge in [0, 0.05) is 16.2 Å². The van der Waals surface area contributed by atoms with Crippen LogP contribution in [-0.2, 0) is 0 Å². The van der Waals surface area contributed by atoms with Gasteiger partial charge in [0.2, 0.25) is 0 Å². The van der Waals surface area contributed by atoms with Gasteiger partial charge in [-0.2, -0.15) is 0 Å². The summed E-state index contributed by atoms with van der Waals surface area (Å²) in [6.07, 6.45) is 3.60. The van der Waals surface area contributed by atoms with Crippen molar-refractivity contribution in [3.05, 3.63) is 65.2 Å². The highest BCUT2D eigenvalue weighted by Crippen LogP contribution is 2.45. The molecular formula is C22H28NS+. The number of hydrogen-bond acceptors (Lipinski definition) is 1. The van der Waals surface area contributed by atoms with Crippen LogP contribution in [0.5, 0.6) is 0 Å². The summed E-state index contributed by atoms with van der Waals surface area (Å²) in [6.45, 7) is 10.4. The smallest absolute Gasteiger partial charge is 0.0819 e. The third kappa shape index (κ3) is 3.45. The number of benzene rings is 2. The van der Waals surface area contributed by atoms with Gasteiger partial charge < -0.3 is 4.48 Å². The molecule has 126 valence electrons. The third-order valence-corrected chi connectivity index (χ3v) is 6.52. The molecule has 1 nitrogen and oxygen atoms in total. The number of nitrogens with zero attached hydrogens (tertiary/aromatic N) is 1. The highest BCUT2D eigenvalue weighted by molar-refractivity contribution is 7.99. The average molecular weight is 339 g/mol. The second-order valence-electron chi connectivity index (χ2n) is 6.98. The van der Waals surface area contributed by atoms with Crippen LogP contribution < -0.4 is 0 Å². The fraction of sp³-hybridized carbons (Fsp3) is 0.364. The standard InChI is InChI=1S/C22H28NS/c1-5-23(4,6-2)15-9-11-18-19-10-7-8-12-21(19)24-22-14-13-17(3)16-20(18)22/h7-8,10-14,16H,5-6,9,15H2,1-4H3/q+1/b18-11+. The van der Waals surface area contributed by atoms with Gasteiger partial charge in [-0.1, -0.05) is 53.7 Å². The molecule has 2 aromatic rings. The maximum absolute atomic E-state index is 2.47. The van der Waals surface area contributed by atoms with Gasteiger partial charge in [0.15, 0.2) is 0 Å². The van der Waals surface area contributed by atoms with Gasteiger partial charge in [-0.15, -0.1) is 0 Å². The van der Waals surface area contributed by atoms with E-state index in [0.29, 0.717) is 0 Å². The van der Waals surface area contributed by atoms with E-state index in [9.17, 15) is 0 Å². The van der Waals surface area contributed by atoms with E-state index >= 15 is 0 Å². The van der Waals surface area contributed by atoms with Gasteiger partial charge >= 0.3 is 0 Å². The summed E-state index contributed by atoms with van der Waals surface area (Å²) in [4.78, 5) is 2.76. The summed E-state index contributed by atoms with van der Waals surface area (Å²) in [5.74, 6) is 0. The van der Waals surface area contributed by atoms with Crippen molar-refractivity contribution >= 4 is 17.3 Å². The highest BCUT2D eigenvalue weighted by Gasteiger charge is 2.21. The van der Waals surface area contributed by atoms with Gasteiger partial charge in [0.05, 0.1) is 26.7 Å². The lowest BCUT2D eigenvalue weighted by atomic mass is 9.95. The maximum Gasteiger partial charge on any atom is 0.0819 e. The van der Waals surface area contributed by atoms with Crippen molar-refractivity contribution in [1.29, 1.82) is 0 Å². The zero-order valence-corrected chi connectivity index (χ0v) is 16.1. The molecule has 0 saturated heterocycles. The van der Waals surface area contributed by atoms with E-state index in [0.717, 1.165) is 10.9 Å². The number of quaternary nitrogens is 1. The number of fused-ring (bicyclic) bond motifs is 2. The Labute approximate surface area is 151 Å². The molecule has 0 fully saturated rings. The largest absolute Gasteiger partial charge is 0.326 e. The topological polar surface area (TPSA) is 0 Å². The lowest BCUT2D eigenvalue weighted by Gasteiger charge is -2.32. The Bertz CT molecular complexity index is 756. The zero-order valence-electron chi connectivity index (χ0n) is 15.3. The van der Waals surface area contributed by atoms with Crippen LogP contribution in [0.3, 0.4) is 0 Å². The van der Waals surface area contributed by atoms with E-state index in [1.54, 1.807) is 0 Å². The third-order valence-electron chi connectivity index (χ3n) is 5.37. The molecule has 1 aliphatic heterocycles. The van der Waals surface area contributed by atoms with E-state index in [1.165, 1.54) is 51.7 Å². The van der Waals surface area contributed by atoms with Crippen molar-refractivity contribution in [2.24, 2.45) is 0 Å². The molecule has 0 spiro atoms. The Hall–Kier alpha value is -1.51. The molecular weight excluding hydrogens is 310 g/mol. The summed E-state index contributed by atoms with van der Waals surface area (Å²) < 4.78 is 1.14. The first-order valence-electron chi connectivity index (χ1n) is 8.98. The lowest BCUT2D eigenvalue weighted by molar-refractivity contribution is -0.905. The normalized spacial score (nSPS) is 15.2. The molecule has 0 saturated carbocycles. The maximum atomic E-state index is 2.47. The predicted molar refractivity (Wildman–Crippen MR) is 106 cm³/mol. The molecule has 2 aromatic carbocycles. The lowest BCUT2D eigenvalue weighted by Crippen LogP contribution is -2.44. The van der Waals surface area contributed by atoms with Crippen molar-refractivity contribution in [3.63, 3.8) is 0 Å². The molecule has 1 aliphatic rings. The fourth-order valence-electron chi connectivity index (χ4n) is 3.27. The minimum Gasteiger partial charge on any atom is -0.326 e. The van der Waals surface area contributed by atoms with Crippen molar-refractivity contribution in [2.45, 2.75) is 37.0 Å². The molecule has 0 atom stereocenters. The van der Waals surface area contributed by atoms with Crippen LogP contribution >= 0.6 is 11.8 Å². The van der Waals surface area contributed by atoms with Crippen molar-refractivity contribution in [2.75, 3.05) is 26.7 Å². The molecule has 3 rings (SSSR count). The molecule has 2 heteroatoms. The highest BCUT2D eigenvalue weighted by atomic mass is 32.2. The van der Waals surface area contributed by atoms with Gasteiger partial charge in [0.1, 0.15) is 0 Å². The minimum atomic E-state index is 1.12. The van der Waals surface area contributed by atoms with E-state index < -0.39 is 0 Å². The van der Waals surface area contributed by atoms with Gasteiger partial charge in [-0.05, 0) is 49.6 Å². The predicted octanol–water partition coefficient (Wildman–Crippen LogP) is 5.77.